The average molecular weight is 277 g/mol. The van der Waals surface area contributed by atoms with E-state index in [1.165, 1.54) is 0 Å². The third kappa shape index (κ3) is 2.72. The van der Waals surface area contributed by atoms with Gasteiger partial charge in [0.15, 0.2) is 0 Å². The lowest BCUT2D eigenvalue weighted by molar-refractivity contribution is 0.0696. The molecule has 3 nitrogen and oxygen atoms in total. The minimum atomic E-state index is -0.898. The number of carboxylic acid groups (broad SMARTS) is 1. The lowest BCUT2D eigenvalue weighted by Crippen LogP contribution is -2.07. The zero-order valence-corrected chi connectivity index (χ0v) is 11.4. The van der Waals surface area contributed by atoms with Gasteiger partial charge in [0.05, 0.1) is 5.56 Å². The maximum absolute atomic E-state index is 11.2. The van der Waals surface area contributed by atoms with Crippen LogP contribution in [0.3, 0.4) is 0 Å². The molecule has 0 amide bonds. The molecule has 0 heterocycles. The van der Waals surface area contributed by atoms with Crippen LogP contribution in [0.5, 0.6) is 0 Å². The zero-order valence-electron chi connectivity index (χ0n) is 11.4. The van der Waals surface area contributed by atoms with Crippen molar-refractivity contribution < 1.29 is 9.90 Å². The van der Waals surface area contributed by atoms with Crippen LogP contribution in [-0.2, 0) is 6.54 Å². The summed E-state index contributed by atoms with van der Waals surface area (Å²) in [4.78, 5) is 11.2. The Morgan fingerprint density at radius 1 is 0.905 bits per heavy atom. The van der Waals surface area contributed by atoms with Crippen LogP contribution in [0, 0.1) is 0 Å². The molecule has 0 aliphatic heterocycles. The Hall–Kier alpha value is -2.81. The van der Waals surface area contributed by atoms with Crippen LogP contribution in [0.2, 0.25) is 0 Å². The highest BCUT2D eigenvalue weighted by Crippen LogP contribution is 2.23. The summed E-state index contributed by atoms with van der Waals surface area (Å²) in [6.45, 7) is 0.483. The molecule has 0 radical (unpaired) electrons. The molecule has 0 aliphatic rings. The van der Waals surface area contributed by atoms with Crippen LogP contribution >= 0.6 is 0 Å². The largest absolute Gasteiger partial charge is 0.478 e. The molecule has 0 aliphatic carbocycles. The first-order chi connectivity index (χ1) is 10.3. The van der Waals surface area contributed by atoms with E-state index >= 15 is 0 Å². The van der Waals surface area contributed by atoms with E-state index in [9.17, 15) is 9.90 Å². The zero-order chi connectivity index (χ0) is 14.7. The summed E-state index contributed by atoms with van der Waals surface area (Å²) in [7, 11) is 0. The van der Waals surface area contributed by atoms with Gasteiger partial charge >= 0.3 is 5.97 Å². The van der Waals surface area contributed by atoms with Crippen LogP contribution in [0.1, 0.15) is 15.9 Å². The van der Waals surface area contributed by atoms with E-state index in [2.05, 4.69) is 23.5 Å². The number of anilines is 1. The van der Waals surface area contributed by atoms with Gasteiger partial charge in [-0.3, -0.25) is 0 Å². The summed E-state index contributed by atoms with van der Waals surface area (Å²) in [5.41, 5.74) is 2.12. The van der Waals surface area contributed by atoms with Crippen LogP contribution in [0.25, 0.3) is 10.8 Å². The second-order valence-corrected chi connectivity index (χ2v) is 4.84. The normalized spacial score (nSPS) is 10.5. The Labute approximate surface area is 122 Å². The molecule has 0 saturated heterocycles. The molecule has 3 rings (SSSR count). The molecular weight excluding hydrogens is 262 g/mol. The highest BCUT2D eigenvalue weighted by Gasteiger charge is 2.08. The SMILES string of the molecule is O=C(O)c1ccccc1CNc1cccc2ccccc12. The molecule has 0 spiro atoms. The van der Waals surface area contributed by atoms with Crippen LogP contribution in [0.4, 0.5) is 5.69 Å². The Morgan fingerprint density at radius 3 is 2.48 bits per heavy atom. The Morgan fingerprint density at radius 2 is 1.62 bits per heavy atom. The standard InChI is InChI=1S/C18H15NO2/c20-18(21)16-10-4-2-7-14(16)12-19-17-11-5-8-13-6-1-3-9-15(13)17/h1-11,19H,12H2,(H,20,21). The maximum Gasteiger partial charge on any atom is 0.336 e. The third-order valence-electron chi connectivity index (χ3n) is 3.51. The van der Waals surface area contributed by atoms with Gasteiger partial charge in [-0.1, -0.05) is 54.6 Å². The van der Waals surface area contributed by atoms with Crippen LogP contribution in [-0.4, -0.2) is 11.1 Å². The van der Waals surface area contributed by atoms with E-state index < -0.39 is 5.97 Å². The molecule has 0 fully saturated rings. The smallest absolute Gasteiger partial charge is 0.336 e. The second kappa shape index (κ2) is 5.67. The van der Waals surface area contributed by atoms with Gasteiger partial charge in [-0.25, -0.2) is 4.79 Å². The number of hydrogen-bond acceptors (Lipinski definition) is 2. The third-order valence-corrected chi connectivity index (χ3v) is 3.51. The quantitative estimate of drug-likeness (QED) is 0.753. The molecule has 0 saturated carbocycles. The molecular formula is C18H15NO2. The van der Waals surface area contributed by atoms with Crippen molar-refractivity contribution in [3.8, 4) is 0 Å². The number of aromatic carboxylic acids is 1. The van der Waals surface area contributed by atoms with Gasteiger partial charge in [-0.15, -0.1) is 0 Å². The predicted molar refractivity (Wildman–Crippen MR) is 84.7 cm³/mol. The first-order valence-electron chi connectivity index (χ1n) is 6.78. The van der Waals surface area contributed by atoms with E-state index in [1.54, 1.807) is 12.1 Å². The molecule has 0 bridgehead atoms. The second-order valence-electron chi connectivity index (χ2n) is 4.84. The molecule has 0 unspecified atom stereocenters. The predicted octanol–water partition coefficient (Wildman–Crippen LogP) is 4.15. The molecule has 3 heteroatoms. The summed E-state index contributed by atoms with van der Waals surface area (Å²) < 4.78 is 0. The number of benzene rings is 3. The number of hydrogen-bond donors (Lipinski definition) is 2. The van der Waals surface area contributed by atoms with Gasteiger partial charge in [-0.05, 0) is 23.1 Å². The molecule has 104 valence electrons. The van der Waals surface area contributed by atoms with Crippen molar-refractivity contribution in [2.24, 2.45) is 0 Å². The molecule has 0 atom stereocenters. The van der Waals surface area contributed by atoms with Gasteiger partial charge in [0.1, 0.15) is 0 Å². The number of nitrogens with one attached hydrogen (secondary N) is 1. The van der Waals surface area contributed by atoms with Crippen molar-refractivity contribution in [2.75, 3.05) is 5.32 Å². The first kappa shape index (κ1) is 13.2. The van der Waals surface area contributed by atoms with E-state index in [-0.39, 0.29) is 0 Å². The Balaban J connectivity index is 1.89. The lowest BCUT2D eigenvalue weighted by Gasteiger charge is -2.11. The fourth-order valence-electron chi connectivity index (χ4n) is 2.45. The number of carbonyl (C=O) groups is 1. The minimum absolute atomic E-state index is 0.338. The first-order valence-corrected chi connectivity index (χ1v) is 6.78. The van der Waals surface area contributed by atoms with Gasteiger partial charge in [-0.2, -0.15) is 0 Å². The summed E-state index contributed by atoms with van der Waals surface area (Å²) >= 11 is 0. The van der Waals surface area contributed by atoms with Crippen molar-refractivity contribution >= 4 is 22.4 Å². The highest BCUT2D eigenvalue weighted by atomic mass is 16.4. The van der Waals surface area contributed by atoms with Crippen molar-refractivity contribution in [1.29, 1.82) is 0 Å². The molecule has 3 aromatic rings. The fourth-order valence-corrected chi connectivity index (χ4v) is 2.45. The van der Waals surface area contributed by atoms with E-state index in [0.717, 1.165) is 22.0 Å². The highest BCUT2D eigenvalue weighted by molar-refractivity contribution is 5.94. The maximum atomic E-state index is 11.2. The topological polar surface area (TPSA) is 49.3 Å². The molecule has 2 N–H and O–H groups in total. The van der Waals surface area contributed by atoms with Crippen molar-refractivity contribution in [2.45, 2.75) is 6.54 Å². The number of carboxylic acids is 1. The number of rotatable bonds is 4. The molecule has 21 heavy (non-hydrogen) atoms. The summed E-state index contributed by atoms with van der Waals surface area (Å²) in [5.74, 6) is -0.898. The summed E-state index contributed by atoms with van der Waals surface area (Å²) in [6.07, 6.45) is 0. The van der Waals surface area contributed by atoms with Gasteiger partial charge < -0.3 is 10.4 Å². The Kier molecular flexibility index (Phi) is 3.56. The van der Waals surface area contributed by atoms with Crippen molar-refractivity contribution in [3.63, 3.8) is 0 Å². The minimum Gasteiger partial charge on any atom is -0.478 e. The molecule has 3 aromatic carbocycles. The fraction of sp³-hybridized carbons (Fsp3) is 0.0556. The summed E-state index contributed by atoms with van der Waals surface area (Å²) in [5, 5.41) is 14.8. The molecule has 0 aromatic heterocycles. The van der Waals surface area contributed by atoms with Crippen LogP contribution in [0.15, 0.2) is 66.7 Å². The van der Waals surface area contributed by atoms with E-state index in [0.29, 0.717) is 12.1 Å². The lowest BCUT2D eigenvalue weighted by atomic mass is 10.1. The monoisotopic (exact) mass is 277 g/mol. The average Bonchev–Trinajstić information content (AvgIpc) is 2.53. The van der Waals surface area contributed by atoms with E-state index in [4.69, 9.17) is 0 Å². The number of fused-ring (bicyclic) bond motifs is 1. The van der Waals surface area contributed by atoms with Gasteiger partial charge in [0, 0.05) is 17.6 Å². The Bertz CT molecular complexity index is 791. The van der Waals surface area contributed by atoms with E-state index in [1.807, 2.05) is 36.4 Å². The van der Waals surface area contributed by atoms with Gasteiger partial charge in [0.25, 0.3) is 0 Å². The van der Waals surface area contributed by atoms with Crippen molar-refractivity contribution in [3.05, 3.63) is 77.9 Å². The van der Waals surface area contributed by atoms with Crippen LogP contribution < -0.4 is 5.32 Å². The van der Waals surface area contributed by atoms with Crippen molar-refractivity contribution in [1.82, 2.24) is 0 Å². The summed E-state index contributed by atoms with van der Waals surface area (Å²) in [6, 6.07) is 21.2. The van der Waals surface area contributed by atoms with Gasteiger partial charge in [0.2, 0.25) is 0 Å².